The van der Waals surface area contributed by atoms with E-state index in [1.165, 1.54) is 24.3 Å². The van der Waals surface area contributed by atoms with Gasteiger partial charge in [0.25, 0.3) is 0 Å². The van der Waals surface area contributed by atoms with Gasteiger partial charge in [0.2, 0.25) is 0 Å². The lowest BCUT2D eigenvalue weighted by Gasteiger charge is -2.19. The number of nitrogens with zero attached hydrogens (tertiary/aromatic N) is 1. The summed E-state index contributed by atoms with van der Waals surface area (Å²) in [5, 5.41) is 13.5. The maximum atomic E-state index is 12.7. The van der Waals surface area contributed by atoms with Crippen LogP contribution in [0, 0.1) is 0 Å². The van der Waals surface area contributed by atoms with Gasteiger partial charge in [-0.15, -0.1) is 0 Å². The van der Waals surface area contributed by atoms with Crippen molar-refractivity contribution < 1.29 is 31.2 Å². The smallest absolute Gasteiger partial charge is 0.336 e. The van der Waals surface area contributed by atoms with Crippen LogP contribution in [0.1, 0.15) is 24.2 Å². The molecule has 37 heavy (non-hydrogen) atoms. The number of anilines is 1. The Bertz CT molecular complexity index is 1800. The Morgan fingerprint density at radius 3 is 2.22 bits per heavy atom. The zero-order chi connectivity index (χ0) is 27.1. The molecule has 9 nitrogen and oxygen atoms in total. The van der Waals surface area contributed by atoms with E-state index >= 15 is 0 Å². The Hall–Kier alpha value is -3.70. The number of nitrogens with one attached hydrogen (secondary N) is 1. The van der Waals surface area contributed by atoms with Gasteiger partial charge in [0, 0.05) is 54.2 Å². The maximum Gasteiger partial charge on any atom is 0.336 e. The number of aromatic carboxylic acids is 1. The first-order valence-electron chi connectivity index (χ1n) is 11.4. The lowest BCUT2D eigenvalue weighted by molar-refractivity contribution is 0.0697. The topological polar surface area (TPSA) is 143 Å². The van der Waals surface area contributed by atoms with Gasteiger partial charge in [0.15, 0.2) is 19.7 Å². The van der Waals surface area contributed by atoms with Crippen molar-refractivity contribution in [2.45, 2.75) is 23.6 Å². The molecule has 0 aromatic heterocycles. The molecular formula is C26H26N2O7S2. The number of benzene rings is 3. The van der Waals surface area contributed by atoms with E-state index in [0.717, 1.165) is 12.5 Å². The van der Waals surface area contributed by atoms with Crippen molar-refractivity contribution in [2.75, 3.05) is 30.9 Å². The van der Waals surface area contributed by atoms with Crippen LogP contribution in [0.4, 0.5) is 5.69 Å². The molecule has 0 spiro atoms. The second kappa shape index (κ2) is 9.64. The standard InChI is InChI=1S/C26H26N2O7S2/c1-5-27-19-13-21-17(11-23(19)36(3,31)32)25(15-9-7-8-10-16(15)26(29)30)18-12-24(37(4,33)34)20(28-6-2)14-22(18)35-21/h7-14,27H,5-6H2,1-4H3,(H,29,30)/b28-20+. The highest BCUT2D eigenvalue weighted by molar-refractivity contribution is 7.91. The van der Waals surface area contributed by atoms with Crippen molar-refractivity contribution in [3.05, 3.63) is 59.5 Å². The molecule has 11 heteroatoms. The van der Waals surface area contributed by atoms with E-state index in [9.17, 15) is 26.7 Å². The van der Waals surface area contributed by atoms with Crippen LogP contribution in [0.25, 0.3) is 33.4 Å². The van der Waals surface area contributed by atoms with E-state index in [-0.39, 0.29) is 32.0 Å². The molecule has 4 rings (SSSR count). The summed E-state index contributed by atoms with van der Waals surface area (Å²) in [6, 6.07) is 12.2. The van der Waals surface area contributed by atoms with Crippen LogP contribution in [0.2, 0.25) is 0 Å². The van der Waals surface area contributed by atoms with Gasteiger partial charge < -0.3 is 14.8 Å². The molecule has 0 amide bonds. The van der Waals surface area contributed by atoms with Crippen LogP contribution in [-0.2, 0) is 19.7 Å². The summed E-state index contributed by atoms with van der Waals surface area (Å²) in [5.41, 5.74) is 1.54. The average Bonchev–Trinajstić information content (AvgIpc) is 2.81. The summed E-state index contributed by atoms with van der Waals surface area (Å²) in [4.78, 5) is 16.4. The van der Waals surface area contributed by atoms with Crippen LogP contribution < -0.4 is 10.7 Å². The van der Waals surface area contributed by atoms with Gasteiger partial charge in [-0.1, -0.05) is 18.2 Å². The fourth-order valence-corrected chi connectivity index (χ4v) is 6.03. The molecular weight excluding hydrogens is 516 g/mol. The summed E-state index contributed by atoms with van der Waals surface area (Å²) in [6.45, 7) is 4.39. The van der Waals surface area contributed by atoms with E-state index in [4.69, 9.17) is 4.42 Å². The zero-order valence-corrected chi connectivity index (χ0v) is 22.3. The quantitative estimate of drug-likeness (QED) is 0.333. The van der Waals surface area contributed by atoms with E-state index < -0.39 is 25.6 Å². The van der Waals surface area contributed by atoms with Gasteiger partial charge in [-0.3, -0.25) is 4.99 Å². The van der Waals surface area contributed by atoms with E-state index in [0.29, 0.717) is 40.9 Å². The van der Waals surface area contributed by atoms with Crippen molar-refractivity contribution in [2.24, 2.45) is 4.99 Å². The molecule has 1 heterocycles. The van der Waals surface area contributed by atoms with Crippen LogP contribution in [0.5, 0.6) is 0 Å². The third kappa shape index (κ3) is 4.96. The van der Waals surface area contributed by atoms with Crippen LogP contribution >= 0.6 is 0 Å². The molecule has 194 valence electrons. The summed E-state index contributed by atoms with van der Waals surface area (Å²) >= 11 is 0. The van der Waals surface area contributed by atoms with Gasteiger partial charge in [0.05, 0.1) is 26.4 Å². The molecule has 2 aromatic rings. The number of carboxylic acids is 1. The van der Waals surface area contributed by atoms with Crippen LogP contribution in [0.3, 0.4) is 0 Å². The largest absolute Gasteiger partial charge is 0.478 e. The number of carbonyl (C=O) groups is 1. The number of rotatable bonds is 7. The highest BCUT2D eigenvalue weighted by Crippen LogP contribution is 2.43. The Morgan fingerprint density at radius 2 is 1.62 bits per heavy atom. The van der Waals surface area contributed by atoms with E-state index in [1.807, 2.05) is 6.92 Å². The highest BCUT2D eigenvalue weighted by atomic mass is 32.2. The van der Waals surface area contributed by atoms with Gasteiger partial charge >= 0.3 is 5.97 Å². The molecule has 2 aliphatic rings. The number of hydrogen-bond donors (Lipinski definition) is 2. The van der Waals surface area contributed by atoms with Gasteiger partial charge in [-0.2, -0.15) is 0 Å². The van der Waals surface area contributed by atoms with Gasteiger partial charge in [0.1, 0.15) is 11.3 Å². The molecule has 1 aliphatic heterocycles. The van der Waals surface area contributed by atoms with Gasteiger partial charge in [-0.05, 0) is 37.6 Å². The lowest BCUT2D eigenvalue weighted by atomic mass is 9.90. The molecule has 0 atom stereocenters. The first-order valence-corrected chi connectivity index (χ1v) is 15.2. The SMILES string of the molecule is CC/N=c1\cc2oc3cc(NCC)c(S(C)(=O)=O)cc3c(-c3ccccc3C(=O)O)c-2cc1S(C)(=O)=O. The molecule has 0 saturated carbocycles. The zero-order valence-electron chi connectivity index (χ0n) is 20.7. The Morgan fingerprint density at radius 1 is 0.946 bits per heavy atom. The highest BCUT2D eigenvalue weighted by Gasteiger charge is 2.26. The monoisotopic (exact) mass is 542 g/mol. The normalized spacial score (nSPS) is 12.8. The van der Waals surface area contributed by atoms with Crippen molar-refractivity contribution >= 4 is 42.3 Å². The number of sulfone groups is 2. The number of fused-ring (bicyclic) bond motifs is 2. The molecule has 1 aliphatic carbocycles. The van der Waals surface area contributed by atoms with Crippen LogP contribution in [-0.4, -0.2) is 53.5 Å². The Kier molecular flexibility index (Phi) is 6.87. The predicted molar refractivity (Wildman–Crippen MR) is 142 cm³/mol. The Balaban J connectivity index is 2.33. The molecule has 0 saturated heterocycles. The summed E-state index contributed by atoms with van der Waals surface area (Å²) in [6.07, 6.45) is 2.15. The number of hydrogen-bond acceptors (Lipinski definition) is 8. The molecule has 0 radical (unpaired) electrons. The van der Waals surface area contributed by atoms with Crippen molar-refractivity contribution in [3.8, 4) is 22.5 Å². The second-order valence-electron chi connectivity index (χ2n) is 8.54. The third-order valence-electron chi connectivity index (χ3n) is 5.82. The first-order chi connectivity index (χ1) is 17.4. The van der Waals surface area contributed by atoms with Crippen molar-refractivity contribution in [1.82, 2.24) is 0 Å². The van der Waals surface area contributed by atoms with Crippen molar-refractivity contribution in [1.29, 1.82) is 0 Å². The molecule has 2 N–H and O–H groups in total. The first kappa shape index (κ1) is 26.4. The molecule has 2 aromatic carbocycles. The summed E-state index contributed by atoms with van der Waals surface area (Å²) in [5.74, 6) is -0.914. The minimum atomic E-state index is -3.73. The maximum absolute atomic E-state index is 12.7. The summed E-state index contributed by atoms with van der Waals surface area (Å²) in [7, 11) is -7.43. The van der Waals surface area contributed by atoms with Crippen LogP contribution in [0.15, 0.2) is 67.7 Å². The van der Waals surface area contributed by atoms with E-state index in [2.05, 4.69) is 10.3 Å². The minimum Gasteiger partial charge on any atom is -0.478 e. The second-order valence-corrected chi connectivity index (χ2v) is 12.5. The number of carboxylic acid groups (broad SMARTS) is 1. The fourth-order valence-electron chi connectivity index (χ4n) is 4.34. The third-order valence-corrected chi connectivity index (χ3v) is 8.09. The van der Waals surface area contributed by atoms with Crippen molar-refractivity contribution in [3.63, 3.8) is 0 Å². The molecule has 0 fully saturated rings. The molecule has 0 bridgehead atoms. The average molecular weight is 543 g/mol. The summed E-state index contributed by atoms with van der Waals surface area (Å²) < 4.78 is 57.0. The molecule has 0 unspecified atom stereocenters. The lowest BCUT2D eigenvalue weighted by Crippen LogP contribution is -2.16. The Labute approximate surface area is 214 Å². The minimum absolute atomic E-state index is 0.00592. The fraction of sp³-hybridized carbons (Fsp3) is 0.231. The van der Waals surface area contributed by atoms with E-state index in [1.54, 1.807) is 31.2 Å². The van der Waals surface area contributed by atoms with Gasteiger partial charge in [-0.25, -0.2) is 21.6 Å². The predicted octanol–water partition coefficient (Wildman–Crippen LogP) is 4.06.